The van der Waals surface area contributed by atoms with Gasteiger partial charge in [-0.2, -0.15) is 0 Å². The van der Waals surface area contributed by atoms with Crippen LogP contribution in [0.15, 0.2) is 16.9 Å². The molecule has 2 atom stereocenters. The number of rotatable bonds is 5. The highest BCUT2D eigenvalue weighted by Gasteiger charge is 2.43. The third kappa shape index (κ3) is 3.57. The van der Waals surface area contributed by atoms with Crippen molar-refractivity contribution >= 4 is 21.8 Å². The third-order valence-electron chi connectivity index (χ3n) is 5.24. The Morgan fingerprint density at radius 3 is 2.71 bits per heavy atom. The summed E-state index contributed by atoms with van der Waals surface area (Å²) in [6, 6.07) is 1.06. The van der Waals surface area contributed by atoms with Crippen molar-refractivity contribution in [2.75, 3.05) is 26.2 Å². The van der Waals surface area contributed by atoms with E-state index in [9.17, 15) is 4.79 Å². The number of ether oxygens (including phenoxy) is 1. The monoisotopic (exact) mass is 394 g/mol. The predicted molar refractivity (Wildman–Crippen MR) is 92.7 cm³/mol. The highest BCUT2D eigenvalue weighted by atomic mass is 79.9. The number of hydrogen-bond donors (Lipinski definition) is 0. The number of amides is 1. The first-order chi connectivity index (χ1) is 11.7. The van der Waals surface area contributed by atoms with Crippen molar-refractivity contribution in [1.29, 1.82) is 0 Å². The average molecular weight is 395 g/mol. The van der Waals surface area contributed by atoms with E-state index >= 15 is 0 Å². The van der Waals surface area contributed by atoms with Gasteiger partial charge in [0, 0.05) is 37.4 Å². The molecule has 1 aliphatic carbocycles. The third-order valence-corrected chi connectivity index (χ3v) is 5.64. The fraction of sp³-hybridized carbons (Fsp3) is 0.706. The van der Waals surface area contributed by atoms with Gasteiger partial charge in [-0.05, 0) is 54.6 Å². The minimum Gasteiger partial charge on any atom is -0.463 e. The van der Waals surface area contributed by atoms with Gasteiger partial charge in [0.1, 0.15) is 0 Å². The zero-order valence-corrected chi connectivity index (χ0v) is 15.3. The maximum Gasteiger partial charge on any atom is 0.316 e. The van der Waals surface area contributed by atoms with Gasteiger partial charge in [-0.1, -0.05) is 0 Å². The molecule has 1 amide bonds. The molecule has 3 heterocycles. The quantitative estimate of drug-likeness (QED) is 0.764. The van der Waals surface area contributed by atoms with Crippen molar-refractivity contribution in [1.82, 2.24) is 19.8 Å². The van der Waals surface area contributed by atoms with Gasteiger partial charge in [0.15, 0.2) is 0 Å². The van der Waals surface area contributed by atoms with Crippen molar-refractivity contribution in [2.45, 2.75) is 44.2 Å². The lowest BCUT2D eigenvalue weighted by molar-refractivity contribution is -0.133. The van der Waals surface area contributed by atoms with Crippen LogP contribution in [0.2, 0.25) is 0 Å². The smallest absolute Gasteiger partial charge is 0.316 e. The van der Waals surface area contributed by atoms with Crippen molar-refractivity contribution in [3.05, 3.63) is 16.9 Å². The normalized spacial score (nSPS) is 28.4. The van der Waals surface area contributed by atoms with E-state index in [0.717, 1.165) is 43.4 Å². The van der Waals surface area contributed by atoms with Gasteiger partial charge in [0.25, 0.3) is 0 Å². The summed E-state index contributed by atoms with van der Waals surface area (Å²) >= 11 is 3.32. The summed E-state index contributed by atoms with van der Waals surface area (Å²) in [6.07, 6.45) is 9.03. The second-order valence-electron chi connectivity index (χ2n) is 7.07. The van der Waals surface area contributed by atoms with Crippen LogP contribution >= 0.6 is 15.9 Å². The zero-order valence-electron chi connectivity index (χ0n) is 13.7. The van der Waals surface area contributed by atoms with Gasteiger partial charge in [-0.15, -0.1) is 0 Å². The Bertz CT molecular complexity index is 593. The first-order valence-corrected chi connectivity index (χ1v) is 9.65. The molecule has 24 heavy (non-hydrogen) atoms. The van der Waals surface area contributed by atoms with Crippen LogP contribution in [0.5, 0.6) is 6.01 Å². The number of hydrogen-bond acceptors (Lipinski definition) is 5. The number of likely N-dealkylation sites (tertiary alicyclic amines) is 2. The topological polar surface area (TPSA) is 58.6 Å². The Kier molecular flexibility index (Phi) is 4.72. The minimum atomic E-state index is 0.0948. The maximum atomic E-state index is 12.6. The van der Waals surface area contributed by atoms with Crippen LogP contribution in [0.25, 0.3) is 0 Å². The predicted octanol–water partition coefficient (Wildman–Crippen LogP) is 2.09. The Balaban J connectivity index is 1.30. The van der Waals surface area contributed by atoms with Gasteiger partial charge in [0.2, 0.25) is 5.91 Å². The maximum absolute atomic E-state index is 12.6. The van der Waals surface area contributed by atoms with Gasteiger partial charge in [-0.25, -0.2) is 9.97 Å². The molecule has 130 valence electrons. The molecule has 1 saturated carbocycles. The van der Waals surface area contributed by atoms with E-state index in [1.807, 2.05) is 0 Å². The zero-order chi connectivity index (χ0) is 16.5. The molecule has 0 bridgehead atoms. The Hall–Kier alpha value is -1.21. The van der Waals surface area contributed by atoms with E-state index in [2.05, 4.69) is 35.7 Å². The molecular formula is C17H23BrN4O2. The summed E-state index contributed by atoms with van der Waals surface area (Å²) in [5.41, 5.74) is 0. The first kappa shape index (κ1) is 16.3. The number of aromatic nitrogens is 2. The second kappa shape index (κ2) is 6.96. The summed E-state index contributed by atoms with van der Waals surface area (Å²) in [5, 5.41) is 0. The first-order valence-electron chi connectivity index (χ1n) is 8.85. The summed E-state index contributed by atoms with van der Waals surface area (Å²) in [7, 11) is 0. The van der Waals surface area contributed by atoms with E-state index in [0.29, 0.717) is 30.5 Å². The molecule has 0 aromatic carbocycles. The SMILES string of the molecule is O=C1C(N2CCCC(COc3ncc(Br)cn3)C2)CCN1C1CC1. The van der Waals surface area contributed by atoms with Crippen molar-refractivity contribution in [3.8, 4) is 6.01 Å². The lowest BCUT2D eigenvalue weighted by Crippen LogP contribution is -2.48. The summed E-state index contributed by atoms with van der Waals surface area (Å²) in [4.78, 5) is 25.4. The van der Waals surface area contributed by atoms with Crippen molar-refractivity contribution in [3.63, 3.8) is 0 Å². The fourth-order valence-corrected chi connectivity index (χ4v) is 4.06. The lowest BCUT2D eigenvalue weighted by Gasteiger charge is -2.35. The Morgan fingerprint density at radius 1 is 1.17 bits per heavy atom. The molecule has 2 unspecified atom stereocenters. The van der Waals surface area contributed by atoms with Crippen LogP contribution in [0, 0.1) is 5.92 Å². The number of carbonyl (C=O) groups excluding carboxylic acids is 1. The molecule has 2 saturated heterocycles. The molecule has 1 aromatic rings. The van der Waals surface area contributed by atoms with Crippen LogP contribution < -0.4 is 4.74 Å². The van der Waals surface area contributed by atoms with Crippen LogP contribution in [0.3, 0.4) is 0 Å². The molecule has 3 aliphatic rings. The van der Waals surface area contributed by atoms with E-state index in [1.54, 1.807) is 12.4 Å². The molecule has 0 spiro atoms. The molecule has 2 aliphatic heterocycles. The number of halogens is 1. The Labute approximate surface area is 150 Å². The van der Waals surface area contributed by atoms with Crippen LogP contribution in [-0.4, -0.2) is 64.0 Å². The molecule has 4 rings (SSSR count). The van der Waals surface area contributed by atoms with Gasteiger partial charge in [-0.3, -0.25) is 9.69 Å². The molecule has 1 aromatic heterocycles. The molecule has 6 nitrogen and oxygen atoms in total. The van der Waals surface area contributed by atoms with Gasteiger partial charge in [0.05, 0.1) is 17.1 Å². The highest BCUT2D eigenvalue weighted by molar-refractivity contribution is 9.10. The van der Waals surface area contributed by atoms with Gasteiger partial charge < -0.3 is 9.64 Å². The van der Waals surface area contributed by atoms with Crippen LogP contribution in [0.1, 0.15) is 32.1 Å². The van der Waals surface area contributed by atoms with Crippen LogP contribution in [-0.2, 0) is 4.79 Å². The second-order valence-corrected chi connectivity index (χ2v) is 7.98. The van der Waals surface area contributed by atoms with Gasteiger partial charge >= 0.3 is 6.01 Å². The molecule has 3 fully saturated rings. The van der Waals surface area contributed by atoms with E-state index < -0.39 is 0 Å². The standard InChI is InChI=1S/C17H23BrN4O2/c18-13-8-19-17(20-9-13)24-11-12-2-1-6-21(10-12)15-5-7-22(16(15)23)14-3-4-14/h8-9,12,14-15H,1-7,10-11H2. The highest BCUT2D eigenvalue weighted by Crippen LogP contribution is 2.33. The van der Waals surface area contributed by atoms with E-state index in [4.69, 9.17) is 4.74 Å². The summed E-state index contributed by atoms with van der Waals surface area (Å²) in [5.74, 6) is 0.795. The minimum absolute atomic E-state index is 0.0948. The van der Waals surface area contributed by atoms with E-state index in [-0.39, 0.29) is 6.04 Å². The van der Waals surface area contributed by atoms with Crippen molar-refractivity contribution in [2.24, 2.45) is 5.92 Å². The number of piperidine rings is 1. The lowest BCUT2D eigenvalue weighted by atomic mass is 9.97. The summed E-state index contributed by atoms with van der Waals surface area (Å²) in [6.45, 7) is 3.52. The Morgan fingerprint density at radius 2 is 1.96 bits per heavy atom. The molecule has 0 radical (unpaired) electrons. The fourth-order valence-electron chi connectivity index (χ4n) is 3.86. The molecular weight excluding hydrogens is 372 g/mol. The molecule has 0 N–H and O–H groups in total. The van der Waals surface area contributed by atoms with E-state index in [1.165, 1.54) is 12.8 Å². The average Bonchev–Trinajstić information content (AvgIpc) is 3.37. The van der Waals surface area contributed by atoms with Crippen molar-refractivity contribution < 1.29 is 9.53 Å². The summed E-state index contributed by atoms with van der Waals surface area (Å²) < 4.78 is 6.59. The number of nitrogens with zero attached hydrogens (tertiary/aromatic N) is 4. The largest absolute Gasteiger partial charge is 0.463 e. The number of carbonyl (C=O) groups is 1. The van der Waals surface area contributed by atoms with Crippen LogP contribution in [0.4, 0.5) is 0 Å². The molecule has 7 heteroatoms.